The number of nitrogens with zero attached hydrogens (tertiary/aromatic N) is 6. The SMILES string of the molecule is CCC1=C(C)C2=NC1=CC1=C(C)C3=C(O)C4C(=O)OCC5=C(C)C6=NC5=CC5=NC(=CC7=C(C)C8=C(O)CC(=C9NC(=C6)[C@@H](C)[C@@H]9CCC(=O)OCC6=C(C)C(=NC6=C2)C=C2NC(=C4C3=N1)[C@@H](CCC(=O)OC)[C@@H]2C)C8=N7)C(CC)=C5C. The number of ether oxygens (including phenoxy) is 3. The van der Waals surface area contributed by atoms with E-state index in [9.17, 15) is 19.8 Å². The molecule has 2 saturated heterocycles. The van der Waals surface area contributed by atoms with Gasteiger partial charge in [0.15, 0.2) is 0 Å². The summed E-state index contributed by atoms with van der Waals surface area (Å²) < 4.78 is 18.0. The Labute approximate surface area is 476 Å². The van der Waals surface area contributed by atoms with E-state index in [-0.39, 0.29) is 79.6 Å². The van der Waals surface area contributed by atoms with Crippen molar-refractivity contribution in [2.45, 2.75) is 114 Å². The largest absolute Gasteiger partial charge is 0.511 e. The summed E-state index contributed by atoms with van der Waals surface area (Å²) >= 11 is 0. The van der Waals surface area contributed by atoms with Crippen molar-refractivity contribution in [2.24, 2.45) is 59.5 Å². The number of hydrogen-bond acceptors (Lipinski definition) is 16. The fourth-order valence-corrected chi connectivity index (χ4v) is 14.1. The van der Waals surface area contributed by atoms with Gasteiger partial charge in [-0.25, -0.2) is 30.0 Å². The van der Waals surface area contributed by atoms with Crippen LogP contribution in [0.4, 0.5) is 0 Å². The Morgan fingerprint density at radius 2 is 1.17 bits per heavy atom. The van der Waals surface area contributed by atoms with Crippen molar-refractivity contribution in [2.75, 3.05) is 20.3 Å². The first kappa shape index (κ1) is 52.8. The van der Waals surface area contributed by atoms with Gasteiger partial charge >= 0.3 is 17.9 Å². The molecule has 0 amide bonds. The van der Waals surface area contributed by atoms with Gasteiger partial charge in [0, 0.05) is 99.2 Å². The summed E-state index contributed by atoms with van der Waals surface area (Å²) in [4.78, 5) is 74.4. The molecule has 418 valence electrons. The summed E-state index contributed by atoms with van der Waals surface area (Å²) in [5.41, 5.74) is 22.1. The molecule has 0 aromatic heterocycles. The Morgan fingerprint density at radius 3 is 1.77 bits per heavy atom. The maximum absolute atomic E-state index is 15.5. The molecule has 0 aromatic carbocycles. The van der Waals surface area contributed by atoms with Crippen LogP contribution in [0, 0.1) is 29.6 Å². The Morgan fingerprint density at radius 1 is 0.634 bits per heavy atom. The van der Waals surface area contributed by atoms with Crippen molar-refractivity contribution in [3.8, 4) is 0 Å². The van der Waals surface area contributed by atoms with E-state index in [0.29, 0.717) is 105 Å². The Hall–Kier alpha value is -8.53. The number of aliphatic hydroxyl groups excluding tert-OH is 2. The van der Waals surface area contributed by atoms with Crippen LogP contribution < -0.4 is 10.6 Å². The number of hydrogen-bond donors (Lipinski definition) is 4. The number of allylic oxidation sites excluding steroid dienone is 21. The number of nitrogens with one attached hydrogen (secondary N) is 2. The van der Waals surface area contributed by atoms with Crippen LogP contribution in [0.15, 0.2) is 213 Å². The molecular formula is C66H66N8O8. The first-order valence-corrected chi connectivity index (χ1v) is 28.7. The predicted molar refractivity (Wildman–Crippen MR) is 315 cm³/mol. The van der Waals surface area contributed by atoms with Crippen LogP contribution in [0.1, 0.15) is 114 Å². The summed E-state index contributed by atoms with van der Waals surface area (Å²) in [6.45, 7) is 20.1. The lowest BCUT2D eigenvalue weighted by Gasteiger charge is -2.21. The van der Waals surface area contributed by atoms with Crippen molar-refractivity contribution in [3.63, 3.8) is 0 Å². The molecule has 2 aliphatic carbocycles. The molecule has 11 heterocycles. The van der Waals surface area contributed by atoms with E-state index in [1.165, 1.54) is 7.11 Å². The number of fused-ring (bicyclic) bond motifs is 11. The van der Waals surface area contributed by atoms with Gasteiger partial charge in [0.25, 0.3) is 0 Å². The van der Waals surface area contributed by atoms with Gasteiger partial charge in [-0.2, -0.15) is 0 Å². The number of carbonyl (C=O) groups excluding carboxylic acids is 3. The monoisotopic (exact) mass is 1100 g/mol. The average molecular weight is 1100 g/mol. The molecule has 0 aromatic rings. The zero-order valence-corrected chi connectivity index (χ0v) is 48.2. The number of aliphatic hydroxyl groups is 2. The highest BCUT2D eigenvalue weighted by molar-refractivity contribution is 6.25. The fraction of sp³-hybridized carbons (Fsp3) is 0.379. The van der Waals surface area contributed by atoms with Crippen molar-refractivity contribution in [3.05, 3.63) is 183 Å². The van der Waals surface area contributed by atoms with Gasteiger partial charge in [-0.05, 0) is 148 Å². The average Bonchev–Trinajstić information content (AvgIpc) is 3.67. The molecule has 11 aliphatic heterocycles. The Balaban J connectivity index is 1.02. The van der Waals surface area contributed by atoms with Crippen LogP contribution in [0.2, 0.25) is 0 Å². The van der Waals surface area contributed by atoms with Gasteiger partial charge in [0.1, 0.15) is 30.6 Å². The third-order valence-corrected chi connectivity index (χ3v) is 19.0. The third kappa shape index (κ3) is 8.09. The maximum Gasteiger partial charge on any atom is 0.321 e. The minimum absolute atomic E-state index is 0.0465. The minimum Gasteiger partial charge on any atom is -0.511 e. The highest BCUT2D eigenvalue weighted by Crippen LogP contribution is 2.51. The van der Waals surface area contributed by atoms with Gasteiger partial charge in [-0.15, -0.1) is 0 Å². The second-order valence-corrected chi connectivity index (χ2v) is 23.2. The van der Waals surface area contributed by atoms with Crippen LogP contribution >= 0.6 is 0 Å². The lowest BCUT2D eigenvalue weighted by molar-refractivity contribution is -0.145. The quantitative estimate of drug-likeness (QED) is 0.151. The van der Waals surface area contributed by atoms with Crippen molar-refractivity contribution < 1.29 is 38.8 Å². The smallest absolute Gasteiger partial charge is 0.321 e. The van der Waals surface area contributed by atoms with E-state index in [4.69, 9.17) is 44.2 Å². The number of carbonyl (C=O) groups is 3. The molecule has 5 atom stereocenters. The van der Waals surface area contributed by atoms with E-state index < -0.39 is 11.9 Å². The van der Waals surface area contributed by atoms with Crippen molar-refractivity contribution >= 4 is 52.2 Å². The molecule has 0 spiro atoms. The molecule has 4 N–H and O–H groups in total. The van der Waals surface area contributed by atoms with Crippen LogP contribution in [-0.2, 0) is 28.6 Å². The van der Waals surface area contributed by atoms with Crippen LogP contribution in [-0.4, -0.2) is 82.7 Å². The standard InChI is InChI=1S/C66H66N8O8/c1-12-35-27(3)45-22-53-41-26-82-66(79)60-59-62-38(14-16-55(76)80-11)30(6)47(72-62)20-43-31(7)40(52(69-43)21-44-28(4)36(13-2)51(68-44)24-49-34(10)58(65(60)78)64(59)74-49)25-81-56(77)17-15-37-29(5)46(19-42(70-53)32(41)8)71-61(37)39-18-54(75)57-33(9)48(73-63(39)57)23-50(35)67-45/h19-24,29-30,37-38,60,71-72,75,78H,12-18,25-26H2,1-11H3/t29-,30-,37-,38-,60?/m0/s1. The van der Waals surface area contributed by atoms with E-state index in [1.807, 2.05) is 71.1 Å². The van der Waals surface area contributed by atoms with Crippen LogP contribution in [0.25, 0.3) is 0 Å². The summed E-state index contributed by atoms with van der Waals surface area (Å²) in [6, 6.07) is 0. The topological polar surface area (TPSA) is 218 Å². The van der Waals surface area contributed by atoms with Crippen LogP contribution in [0.3, 0.4) is 0 Å². The Bertz CT molecular complexity index is 3950. The van der Waals surface area contributed by atoms with E-state index in [0.717, 1.165) is 89.9 Å². The normalized spacial score (nSPS) is 27.5. The molecule has 13 rings (SSSR count). The number of cyclic esters (lactones) is 2. The highest BCUT2D eigenvalue weighted by atomic mass is 16.5. The summed E-state index contributed by atoms with van der Waals surface area (Å²) in [5.74, 6) is -3.63. The van der Waals surface area contributed by atoms with Gasteiger partial charge in [0.2, 0.25) is 0 Å². The van der Waals surface area contributed by atoms with Gasteiger partial charge < -0.3 is 35.1 Å². The minimum atomic E-state index is -1.30. The molecule has 1 unspecified atom stereocenters. The molecule has 16 heteroatoms. The van der Waals surface area contributed by atoms with E-state index in [2.05, 4.69) is 45.3 Å². The fourth-order valence-electron chi connectivity index (χ4n) is 14.1. The molecule has 0 radical (unpaired) electrons. The molecule has 20 bridgehead atoms. The second-order valence-electron chi connectivity index (χ2n) is 23.2. The van der Waals surface area contributed by atoms with Gasteiger partial charge in [0.05, 0.1) is 75.6 Å². The highest BCUT2D eigenvalue weighted by Gasteiger charge is 2.50. The molecular weight excluding hydrogens is 1030 g/mol. The first-order valence-electron chi connectivity index (χ1n) is 28.7. The summed E-state index contributed by atoms with van der Waals surface area (Å²) in [5, 5.41) is 32.0. The number of rotatable bonds is 5. The number of esters is 3. The zero-order chi connectivity index (χ0) is 57.5. The van der Waals surface area contributed by atoms with Gasteiger partial charge in [-0.3, -0.25) is 14.4 Å². The summed E-state index contributed by atoms with van der Waals surface area (Å²) in [6.07, 6.45) is 14.5. The lowest BCUT2D eigenvalue weighted by atomic mass is 9.84. The molecule has 2 fully saturated rings. The lowest BCUT2D eigenvalue weighted by Crippen LogP contribution is -2.26. The molecule has 16 nitrogen and oxygen atoms in total. The second kappa shape index (κ2) is 19.6. The van der Waals surface area contributed by atoms with Gasteiger partial charge in [-0.1, -0.05) is 27.7 Å². The third-order valence-electron chi connectivity index (χ3n) is 19.0. The maximum atomic E-state index is 15.5. The van der Waals surface area contributed by atoms with Crippen molar-refractivity contribution in [1.29, 1.82) is 0 Å². The van der Waals surface area contributed by atoms with E-state index >= 15 is 4.79 Å². The van der Waals surface area contributed by atoms with Crippen molar-refractivity contribution in [1.82, 2.24) is 10.6 Å². The summed E-state index contributed by atoms with van der Waals surface area (Å²) in [7, 11) is 1.37. The number of methoxy groups -OCH3 is 1. The Kier molecular flexibility index (Phi) is 12.6. The molecule has 13 aliphatic rings. The predicted octanol–water partition coefficient (Wildman–Crippen LogP) is 11.4. The van der Waals surface area contributed by atoms with E-state index in [1.54, 1.807) is 0 Å². The number of aliphatic imine (C=N–C) groups is 6. The van der Waals surface area contributed by atoms with Crippen LogP contribution in [0.5, 0.6) is 0 Å². The molecule has 0 saturated carbocycles. The zero-order valence-electron chi connectivity index (χ0n) is 48.2. The first-order chi connectivity index (χ1) is 39.4. The molecule has 82 heavy (non-hydrogen) atoms.